The molecule has 0 N–H and O–H groups in total. The fourth-order valence-electron chi connectivity index (χ4n) is 12.4. The molecule has 5 nitrogen and oxygen atoms in total. The van der Waals surface area contributed by atoms with Crippen molar-refractivity contribution < 1.29 is 0 Å². The highest BCUT2D eigenvalue weighted by Crippen LogP contribution is 2.45. The van der Waals surface area contributed by atoms with Crippen molar-refractivity contribution in [3.8, 4) is 39.6 Å². The Labute approximate surface area is 407 Å². The van der Waals surface area contributed by atoms with E-state index in [9.17, 15) is 0 Å². The highest BCUT2D eigenvalue weighted by atomic mass is 15.0. The standard InChI is InChI=1S/C66H41N5/c1-2-18-43(19-3-1)67-57-29-12-7-24-50(57)52-41-46(36-37-59(52)67)70-61-31-15-33-63-65(61)66-62(70)32-16-34-64(66)71(63)54-26-9-4-21-47(54)42-17-14-20-44(39-42)68-58-30-13-8-25-51(58)53-40-45(35-38-60(53)68)69-55-27-10-5-22-48(55)49-23-6-11-28-56(49)69/h1-41H. The molecule has 0 aliphatic heterocycles. The van der Waals surface area contributed by atoms with Crippen LogP contribution in [0.15, 0.2) is 249 Å². The minimum absolute atomic E-state index is 1.13. The van der Waals surface area contributed by atoms with Crippen LogP contribution in [0.3, 0.4) is 0 Å². The molecule has 0 aliphatic rings. The molecule has 0 fully saturated rings. The molecule has 11 aromatic carbocycles. The van der Waals surface area contributed by atoms with E-state index in [4.69, 9.17) is 0 Å². The summed E-state index contributed by atoms with van der Waals surface area (Å²) in [5.74, 6) is 0. The molecule has 5 heterocycles. The molecule has 0 atom stereocenters. The lowest BCUT2D eigenvalue weighted by Crippen LogP contribution is -2.00. The summed E-state index contributed by atoms with van der Waals surface area (Å²) in [5.41, 5.74) is 20.1. The second kappa shape index (κ2) is 14.5. The van der Waals surface area contributed by atoms with Gasteiger partial charge in [0.25, 0.3) is 0 Å². The Morgan fingerprint density at radius 1 is 0.197 bits per heavy atom. The summed E-state index contributed by atoms with van der Waals surface area (Å²) in [6, 6.07) is 91.4. The average Bonchev–Trinajstić information content (AvgIpc) is 4.23. The monoisotopic (exact) mass is 903 g/mol. The Balaban J connectivity index is 0.846. The molecule has 5 aromatic heterocycles. The summed E-state index contributed by atoms with van der Waals surface area (Å²) >= 11 is 0. The van der Waals surface area contributed by atoms with Gasteiger partial charge in [0.15, 0.2) is 0 Å². The third-order valence-electron chi connectivity index (χ3n) is 15.2. The molecule has 330 valence electrons. The van der Waals surface area contributed by atoms with Crippen molar-refractivity contribution in [2.45, 2.75) is 0 Å². The van der Waals surface area contributed by atoms with Gasteiger partial charge < -0.3 is 22.8 Å². The number of benzene rings is 11. The highest BCUT2D eigenvalue weighted by Gasteiger charge is 2.25. The first-order chi connectivity index (χ1) is 35.3. The summed E-state index contributed by atoms with van der Waals surface area (Å²) in [6.07, 6.45) is 0. The van der Waals surface area contributed by atoms with E-state index in [0.717, 1.165) is 34.0 Å². The van der Waals surface area contributed by atoms with Gasteiger partial charge in [-0.05, 0) is 121 Å². The van der Waals surface area contributed by atoms with Crippen molar-refractivity contribution >= 4 is 98.3 Å². The minimum Gasteiger partial charge on any atom is -0.309 e. The zero-order valence-corrected chi connectivity index (χ0v) is 38.4. The number of aromatic nitrogens is 5. The van der Waals surface area contributed by atoms with Crippen molar-refractivity contribution in [1.82, 2.24) is 22.8 Å². The van der Waals surface area contributed by atoms with Gasteiger partial charge in [0.05, 0.1) is 60.9 Å². The number of fused-ring (bicyclic) bond motifs is 9. The van der Waals surface area contributed by atoms with Gasteiger partial charge >= 0.3 is 0 Å². The maximum Gasteiger partial charge on any atom is 0.0563 e. The molecule has 0 aliphatic carbocycles. The second-order valence-corrected chi connectivity index (χ2v) is 18.9. The molecule has 0 radical (unpaired) electrons. The van der Waals surface area contributed by atoms with Crippen molar-refractivity contribution in [1.29, 1.82) is 0 Å². The molecule has 0 saturated carbocycles. The summed E-state index contributed by atoms with van der Waals surface area (Å²) in [5, 5.41) is 10.0. The Hall–Kier alpha value is -9.58. The van der Waals surface area contributed by atoms with E-state index < -0.39 is 0 Å². The SMILES string of the molecule is c1ccc(-n2c3ccccc3c3cc(-n4c5cccc6c5c5c4cccc5n6-c4ccccc4-c4cccc(-n5c6ccccc6c6cc(-n7c8ccccc8c8ccccc87)ccc65)c4)ccc32)cc1. The Morgan fingerprint density at radius 3 is 1.08 bits per heavy atom. The average molecular weight is 904 g/mol. The Morgan fingerprint density at radius 2 is 0.549 bits per heavy atom. The van der Waals surface area contributed by atoms with E-state index in [1.54, 1.807) is 0 Å². The van der Waals surface area contributed by atoms with Crippen LogP contribution >= 0.6 is 0 Å². The number of hydrogen-bond donors (Lipinski definition) is 0. The van der Waals surface area contributed by atoms with E-state index in [2.05, 4.69) is 272 Å². The minimum atomic E-state index is 1.13. The zero-order chi connectivity index (χ0) is 46.3. The van der Waals surface area contributed by atoms with Gasteiger partial charge in [-0.25, -0.2) is 0 Å². The van der Waals surface area contributed by atoms with Crippen LogP contribution in [-0.2, 0) is 0 Å². The van der Waals surface area contributed by atoms with Gasteiger partial charge in [-0.15, -0.1) is 0 Å². The topological polar surface area (TPSA) is 24.6 Å². The van der Waals surface area contributed by atoms with Crippen LogP contribution in [0.1, 0.15) is 0 Å². The summed E-state index contributed by atoms with van der Waals surface area (Å²) in [7, 11) is 0. The number of rotatable bonds is 6. The lowest BCUT2D eigenvalue weighted by molar-refractivity contribution is 1.15. The fraction of sp³-hybridized carbons (Fsp3) is 0. The molecule has 71 heavy (non-hydrogen) atoms. The Bertz CT molecular complexity index is 4700. The van der Waals surface area contributed by atoms with Gasteiger partial charge in [0.2, 0.25) is 0 Å². The summed E-state index contributed by atoms with van der Waals surface area (Å²) in [4.78, 5) is 0. The lowest BCUT2D eigenvalue weighted by Gasteiger charge is -2.17. The first kappa shape index (κ1) is 38.4. The fourth-order valence-corrected chi connectivity index (χ4v) is 12.4. The van der Waals surface area contributed by atoms with Crippen molar-refractivity contribution in [3.05, 3.63) is 249 Å². The van der Waals surface area contributed by atoms with E-state index in [0.29, 0.717) is 0 Å². The smallest absolute Gasteiger partial charge is 0.0563 e. The molecule has 0 bridgehead atoms. The molecular formula is C66H41N5. The van der Waals surface area contributed by atoms with Gasteiger partial charge in [-0.2, -0.15) is 0 Å². The predicted molar refractivity (Wildman–Crippen MR) is 297 cm³/mol. The van der Waals surface area contributed by atoms with E-state index >= 15 is 0 Å². The van der Waals surface area contributed by atoms with E-state index in [-0.39, 0.29) is 0 Å². The summed E-state index contributed by atoms with van der Waals surface area (Å²) < 4.78 is 12.2. The van der Waals surface area contributed by atoms with Gasteiger partial charge in [-0.3, -0.25) is 0 Å². The van der Waals surface area contributed by atoms with Crippen LogP contribution < -0.4 is 0 Å². The van der Waals surface area contributed by atoms with Crippen molar-refractivity contribution in [3.63, 3.8) is 0 Å². The van der Waals surface area contributed by atoms with Crippen LogP contribution in [-0.4, -0.2) is 22.8 Å². The number of hydrogen-bond acceptors (Lipinski definition) is 0. The maximum absolute atomic E-state index is 2.49. The van der Waals surface area contributed by atoms with Crippen molar-refractivity contribution in [2.75, 3.05) is 0 Å². The maximum atomic E-state index is 2.49. The predicted octanol–water partition coefficient (Wildman–Crippen LogP) is 17.1. The van der Waals surface area contributed by atoms with Crippen LogP contribution in [0.4, 0.5) is 0 Å². The molecule has 5 heteroatoms. The van der Waals surface area contributed by atoms with Crippen LogP contribution in [0.2, 0.25) is 0 Å². The molecular weight excluding hydrogens is 863 g/mol. The van der Waals surface area contributed by atoms with Crippen molar-refractivity contribution in [2.24, 2.45) is 0 Å². The number of nitrogens with zero attached hydrogens (tertiary/aromatic N) is 5. The molecule has 16 aromatic rings. The molecule has 0 spiro atoms. The molecule has 16 rings (SSSR count). The first-order valence-corrected chi connectivity index (χ1v) is 24.4. The Kier molecular flexibility index (Phi) is 7.82. The molecule has 0 amide bonds. The zero-order valence-electron chi connectivity index (χ0n) is 38.4. The van der Waals surface area contributed by atoms with Crippen LogP contribution in [0.5, 0.6) is 0 Å². The third-order valence-corrected chi connectivity index (χ3v) is 15.2. The molecule has 0 saturated heterocycles. The largest absolute Gasteiger partial charge is 0.309 e. The first-order valence-electron chi connectivity index (χ1n) is 24.4. The van der Waals surface area contributed by atoms with Gasteiger partial charge in [0.1, 0.15) is 0 Å². The normalized spacial score (nSPS) is 12.2. The van der Waals surface area contributed by atoms with Crippen LogP contribution in [0.25, 0.3) is 138 Å². The van der Waals surface area contributed by atoms with Crippen LogP contribution in [0, 0.1) is 0 Å². The van der Waals surface area contributed by atoms with Gasteiger partial charge in [-0.1, -0.05) is 133 Å². The second-order valence-electron chi connectivity index (χ2n) is 18.9. The molecule has 0 unspecified atom stereocenters. The highest BCUT2D eigenvalue weighted by molar-refractivity contribution is 6.26. The van der Waals surface area contributed by atoms with Gasteiger partial charge in [0, 0.05) is 71.4 Å². The third kappa shape index (κ3) is 5.29. The quantitative estimate of drug-likeness (QED) is 0.159. The van der Waals surface area contributed by atoms with E-state index in [1.165, 1.54) is 104 Å². The summed E-state index contributed by atoms with van der Waals surface area (Å²) in [6.45, 7) is 0. The number of para-hydroxylation sites is 6. The lowest BCUT2D eigenvalue weighted by atomic mass is 10.0. The van der Waals surface area contributed by atoms with E-state index in [1.807, 2.05) is 0 Å².